The van der Waals surface area contributed by atoms with Crippen LogP contribution in [0.3, 0.4) is 0 Å². The molecule has 8 nitrogen and oxygen atoms in total. The molecular formula is C21H18Cl2N6O2. The van der Waals surface area contributed by atoms with E-state index in [9.17, 15) is 4.79 Å². The first-order valence-electron chi connectivity index (χ1n) is 9.34. The lowest BCUT2D eigenvalue weighted by Gasteiger charge is -2.07. The first-order valence-corrected chi connectivity index (χ1v) is 10.1. The smallest absolute Gasteiger partial charge is 0.278 e. The van der Waals surface area contributed by atoms with Crippen molar-refractivity contribution in [2.45, 2.75) is 20.2 Å². The fourth-order valence-corrected chi connectivity index (χ4v) is 3.11. The van der Waals surface area contributed by atoms with E-state index in [1.807, 2.05) is 37.3 Å². The summed E-state index contributed by atoms with van der Waals surface area (Å²) in [4.78, 5) is 16.6. The molecule has 0 bridgehead atoms. The molecule has 2 aromatic carbocycles. The molecule has 0 fully saturated rings. The SMILES string of the molecule is Cc1cc(OCn2ccc(C(=O)Nc3ncn(Cc4ccccc4Cl)n3)n2)ccc1Cl. The van der Waals surface area contributed by atoms with Gasteiger partial charge in [0.05, 0.1) is 6.54 Å². The summed E-state index contributed by atoms with van der Waals surface area (Å²) in [5, 5.41) is 12.4. The molecule has 1 N–H and O–H groups in total. The van der Waals surface area contributed by atoms with Gasteiger partial charge in [0.1, 0.15) is 12.1 Å². The number of aryl methyl sites for hydroxylation is 1. The van der Waals surface area contributed by atoms with E-state index in [-0.39, 0.29) is 18.4 Å². The van der Waals surface area contributed by atoms with Gasteiger partial charge in [0.2, 0.25) is 5.95 Å². The van der Waals surface area contributed by atoms with E-state index in [1.54, 1.807) is 29.1 Å². The zero-order valence-electron chi connectivity index (χ0n) is 16.5. The monoisotopic (exact) mass is 456 g/mol. The predicted molar refractivity (Wildman–Crippen MR) is 118 cm³/mol. The molecule has 0 unspecified atom stereocenters. The Balaban J connectivity index is 1.34. The van der Waals surface area contributed by atoms with Crippen molar-refractivity contribution in [3.8, 4) is 5.75 Å². The fourth-order valence-electron chi connectivity index (χ4n) is 2.80. The number of hydrogen-bond acceptors (Lipinski definition) is 5. The summed E-state index contributed by atoms with van der Waals surface area (Å²) in [6, 6.07) is 14.4. The van der Waals surface area contributed by atoms with E-state index >= 15 is 0 Å². The van der Waals surface area contributed by atoms with Gasteiger partial charge in [-0.15, -0.1) is 5.10 Å². The van der Waals surface area contributed by atoms with Gasteiger partial charge in [0.15, 0.2) is 12.4 Å². The van der Waals surface area contributed by atoms with Crippen LogP contribution in [0.25, 0.3) is 0 Å². The van der Waals surface area contributed by atoms with Gasteiger partial charge in [-0.2, -0.15) is 5.10 Å². The number of anilines is 1. The third-order valence-electron chi connectivity index (χ3n) is 4.42. The Morgan fingerprint density at radius 2 is 1.90 bits per heavy atom. The quantitative estimate of drug-likeness (QED) is 0.444. The van der Waals surface area contributed by atoms with Crippen LogP contribution in [0.1, 0.15) is 21.6 Å². The van der Waals surface area contributed by atoms with Crippen LogP contribution in [-0.4, -0.2) is 30.5 Å². The predicted octanol–water partition coefficient (Wildman–Crippen LogP) is 4.43. The lowest BCUT2D eigenvalue weighted by molar-refractivity contribution is 0.101. The molecule has 4 aromatic rings. The number of benzene rings is 2. The highest BCUT2D eigenvalue weighted by atomic mass is 35.5. The summed E-state index contributed by atoms with van der Waals surface area (Å²) in [6.45, 7) is 2.49. The topological polar surface area (TPSA) is 86.9 Å². The van der Waals surface area contributed by atoms with E-state index in [0.29, 0.717) is 22.3 Å². The molecular weight excluding hydrogens is 439 g/mol. The molecule has 0 saturated heterocycles. The average Bonchev–Trinajstić information content (AvgIpc) is 3.40. The first kappa shape index (κ1) is 20.9. The van der Waals surface area contributed by atoms with Crippen molar-refractivity contribution in [2.24, 2.45) is 0 Å². The van der Waals surface area contributed by atoms with Crippen molar-refractivity contribution < 1.29 is 9.53 Å². The molecule has 10 heteroatoms. The highest BCUT2D eigenvalue weighted by molar-refractivity contribution is 6.31. The van der Waals surface area contributed by atoms with Crippen LogP contribution in [0.2, 0.25) is 10.0 Å². The average molecular weight is 457 g/mol. The van der Waals surface area contributed by atoms with E-state index in [1.165, 1.54) is 11.0 Å². The molecule has 2 heterocycles. The van der Waals surface area contributed by atoms with Crippen molar-refractivity contribution in [3.63, 3.8) is 0 Å². The summed E-state index contributed by atoms with van der Waals surface area (Å²) < 4.78 is 8.79. The third-order valence-corrected chi connectivity index (χ3v) is 5.21. The van der Waals surface area contributed by atoms with Crippen LogP contribution < -0.4 is 10.1 Å². The molecule has 0 aliphatic heterocycles. The number of carbonyl (C=O) groups is 1. The third kappa shape index (κ3) is 5.22. The van der Waals surface area contributed by atoms with Crippen molar-refractivity contribution in [1.82, 2.24) is 24.5 Å². The summed E-state index contributed by atoms with van der Waals surface area (Å²) in [5.74, 6) is 0.424. The molecule has 4 rings (SSSR count). The van der Waals surface area contributed by atoms with Crippen LogP contribution in [0.5, 0.6) is 5.75 Å². The second-order valence-corrected chi connectivity index (χ2v) is 7.55. The molecule has 1 amide bonds. The Morgan fingerprint density at radius 1 is 1.06 bits per heavy atom. The minimum Gasteiger partial charge on any atom is -0.471 e. The van der Waals surface area contributed by atoms with Crippen molar-refractivity contribution >= 4 is 35.1 Å². The lowest BCUT2D eigenvalue weighted by Crippen LogP contribution is -2.15. The highest BCUT2D eigenvalue weighted by Gasteiger charge is 2.13. The molecule has 0 atom stereocenters. The van der Waals surface area contributed by atoms with E-state index in [2.05, 4.69) is 20.5 Å². The summed E-state index contributed by atoms with van der Waals surface area (Å²) in [6.07, 6.45) is 3.18. The van der Waals surface area contributed by atoms with Crippen LogP contribution in [-0.2, 0) is 13.3 Å². The Morgan fingerprint density at radius 3 is 2.71 bits per heavy atom. The maximum atomic E-state index is 12.5. The van der Waals surface area contributed by atoms with Gasteiger partial charge >= 0.3 is 0 Å². The minimum absolute atomic E-state index is 0.152. The van der Waals surface area contributed by atoms with Gasteiger partial charge in [-0.3, -0.25) is 10.1 Å². The van der Waals surface area contributed by atoms with Gasteiger partial charge in [0.25, 0.3) is 5.91 Å². The second kappa shape index (κ2) is 9.20. The molecule has 0 aliphatic carbocycles. The number of aromatic nitrogens is 5. The second-order valence-electron chi connectivity index (χ2n) is 6.74. The Hall–Kier alpha value is -3.36. The van der Waals surface area contributed by atoms with Crippen LogP contribution in [0, 0.1) is 6.92 Å². The number of nitrogens with zero attached hydrogens (tertiary/aromatic N) is 5. The molecule has 0 aliphatic rings. The van der Waals surface area contributed by atoms with Crippen molar-refractivity contribution in [3.05, 3.63) is 87.9 Å². The standard InChI is InChI=1S/C21H18Cl2N6O2/c1-14-10-16(6-7-17(14)22)31-13-28-9-8-19(26-28)20(30)25-21-24-12-29(27-21)11-15-4-2-3-5-18(15)23/h2-10,12H,11,13H2,1H3,(H,25,27,30). The Labute approximate surface area is 188 Å². The van der Waals surface area contributed by atoms with Gasteiger partial charge < -0.3 is 4.74 Å². The number of hydrogen-bond donors (Lipinski definition) is 1. The van der Waals surface area contributed by atoms with Crippen LogP contribution >= 0.6 is 23.2 Å². The molecule has 158 valence electrons. The summed E-state index contributed by atoms with van der Waals surface area (Å²) in [5.41, 5.74) is 2.04. The zero-order chi connectivity index (χ0) is 21.8. The molecule has 0 saturated carbocycles. The number of ether oxygens (including phenoxy) is 1. The van der Waals surface area contributed by atoms with Crippen LogP contribution in [0.4, 0.5) is 5.95 Å². The van der Waals surface area contributed by atoms with Gasteiger partial charge in [-0.25, -0.2) is 14.3 Å². The Bertz CT molecular complexity index is 1220. The molecule has 31 heavy (non-hydrogen) atoms. The highest BCUT2D eigenvalue weighted by Crippen LogP contribution is 2.21. The molecule has 0 radical (unpaired) electrons. The van der Waals surface area contributed by atoms with Crippen molar-refractivity contribution in [2.75, 3.05) is 5.32 Å². The molecule has 0 spiro atoms. The summed E-state index contributed by atoms with van der Waals surface area (Å²) in [7, 11) is 0. The van der Waals surface area contributed by atoms with E-state index in [0.717, 1.165) is 11.1 Å². The van der Waals surface area contributed by atoms with Gasteiger partial charge in [-0.05, 0) is 48.4 Å². The maximum Gasteiger partial charge on any atom is 0.278 e. The number of nitrogens with one attached hydrogen (secondary N) is 1. The lowest BCUT2D eigenvalue weighted by atomic mass is 10.2. The fraction of sp³-hybridized carbons (Fsp3) is 0.143. The largest absolute Gasteiger partial charge is 0.471 e. The number of rotatable bonds is 7. The zero-order valence-corrected chi connectivity index (χ0v) is 18.0. The van der Waals surface area contributed by atoms with Crippen LogP contribution in [0.15, 0.2) is 61.1 Å². The van der Waals surface area contributed by atoms with E-state index < -0.39 is 5.91 Å². The number of amides is 1. The van der Waals surface area contributed by atoms with Gasteiger partial charge in [0, 0.05) is 16.2 Å². The normalized spacial score (nSPS) is 10.8. The maximum absolute atomic E-state index is 12.5. The number of carbonyl (C=O) groups excluding carboxylic acids is 1. The Kier molecular flexibility index (Phi) is 6.20. The molecule has 2 aromatic heterocycles. The first-order chi connectivity index (χ1) is 15.0. The number of halogens is 2. The summed E-state index contributed by atoms with van der Waals surface area (Å²) >= 11 is 12.2. The van der Waals surface area contributed by atoms with Gasteiger partial charge in [-0.1, -0.05) is 41.4 Å². The van der Waals surface area contributed by atoms with Crippen molar-refractivity contribution in [1.29, 1.82) is 0 Å². The van der Waals surface area contributed by atoms with E-state index in [4.69, 9.17) is 27.9 Å². The minimum atomic E-state index is -0.420.